The molecule has 0 spiro atoms. The van der Waals surface area contributed by atoms with Crippen molar-refractivity contribution in [1.82, 2.24) is 9.97 Å². The van der Waals surface area contributed by atoms with Crippen molar-refractivity contribution in [2.24, 2.45) is 0 Å². The zero-order valence-electron chi connectivity index (χ0n) is 17.1. The number of halogens is 1. The van der Waals surface area contributed by atoms with Crippen LogP contribution in [0, 0.1) is 26.6 Å². The van der Waals surface area contributed by atoms with E-state index in [9.17, 15) is 4.39 Å². The van der Waals surface area contributed by atoms with Crippen LogP contribution in [0.4, 0.5) is 27.4 Å². The monoisotopic (exact) mass is 391 g/mol. The molecule has 1 fully saturated rings. The standard InChI is InChI=1S/C23H26FN5/c1-16-5-4-6-21(17(16)2)27-22-15-23(26-18(3)25-22)29-13-11-28(12-14-29)20-9-7-19(24)8-10-20/h4-10,15H,11-14H2,1-3H3,(H,25,26,27). The Morgan fingerprint density at radius 1 is 0.862 bits per heavy atom. The van der Waals surface area contributed by atoms with E-state index in [1.54, 1.807) is 0 Å². The number of hydrogen-bond donors (Lipinski definition) is 1. The van der Waals surface area contributed by atoms with Crippen LogP contribution < -0.4 is 15.1 Å². The Hall–Kier alpha value is -3.15. The first-order valence-electron chi connectivity index (χ1n) is 9.94. The maximum Gasteiger partial charge on any atom is 0.136 e. The Morgan fingerprint density at radius 3 is 2.28 bits per heavy atom. The number of hydrogen-bond acceptors (Lipinski definition) is 5. The summed E-state index contributed by atoms with van der Waals surface area (Å²) in [7, 11) is 0. The number of nitrogens with zero attached hydrogens (tertiary/aromatic N) is 4. The second kappa shape index (κ2) is 8.07. The summed E-state index contributed by atoms with van der Waals surface area (Å²) in [5.41, 5.74) is 4.59. The van der Waals surface area contributed by atoms with Gasteiger partial charge in [0.2, 0.25) is 0 Å². The van der Waals surface area contributed by atoms with Gasteiger partial charge in [-0.05, 0) is 62.2 Å². The highest BCUT2D eigenvalue weighted by Crippen LogP contribution is 2.25. The van der Waals surface area contributed by atoms with Crippen molar-refractivity contribution in [3.8, 4) is 0 Å². The van der Waals surface area contributed by atoms with Crippen LogP contribution in [0.5, 0.6) is 0 Å². The lowest BCUT2D eigenvalue weighted by Gasteiger charge is -2.36. The lowest BCUT2D eigenvalue weighted by molar-refractivity contribution is 0.624. The summed E-state index contributed by atoms with van der Waals surface area (Å²) in [5.74, 6) is 2.29. The summed E-state index contributed by atoms with van der Waals surface area (Å²) in [5, 5.41) is 3.45. The quantitative estimate of drug-likeness (QED) is 0.704. The van der Waals surface area contributed by atoms with Gasteiger partial charge in [-0.15, -0.1) is 0 Å². The minimum atomic E-state index is -0.201. The molecule has 0 bridgehead atoms. The molecule has 0 atom stereocenters. The molecule has 1 saturated heterocycles. The Balaban J connectivity index is 1.48. The normalized spacial score (nSPS) is 14.2. The first-order valence-corrected chi connectivity index (χ1v) is 9.94. The maximum atomic E-state index is 13.2. The third-order valence-corrected chi connectivity index (χ3v) is 5.49. The molecule has 2 aromatic carbocycles. The SMILES string of the molecule is Cc1nc(Nc2cccc(C)c2C)cc(N2CCN(c3ccc(F)cc3)CC2)n1. The molecule has 29 heavy (non-hydrogen) atoms. The summed E-state index contributed by atoms with van der Waals surface area (Å²) in [6.45, 7) is 9.60. The van der Waals surface area contributed by atoms with Crippen LogP contribution in [0.1, 0.15) is 17.0 Å². The third kappa shape index (κ3) is 4.31. The fourth-order valence-corrected chi connectivity index (χ4v) is 3.65. The van der Waals surface area contributed by atoms with Crippen LogP contribution in [0.25, 0.3) is 0 Å². The van der Waals surface area contributed by atoms with E-state index >= 15 is 0 Å². The van der Waals surface area contributed by atoms with Gasteiger partial charge in [-0.1, -0.05) is 12.1 Å². The minimum absolute atomic E-state index is 0.201. The largest absolute Gasteiger partial charge is 0.368 e. The van der Waals surface area contributed by atoms with Gasteiger partial charge in [-0.25, -0.2) is 14.4 Å². The minimum Gasteiger partial charge on any atom is -0.368 e. The highest BCUT2D eigenvalue weighted by atomic mass is 19.1. The molecule has 1 aliphatic heterocycles. The molecular weight excluding hydrogens is 365 g/mol. The molecule has 0 amide bonds. The van der Waals surface area contributed by atoms with Crippen LogP contribution >= 0.6 is 0 Å². The lowest BCUT2D eigenvalue weighted by atomic mass is 10.1. The molecule has 0 radical (unpaired) electrons. The maximum absolute atomic E-state index is 13.2. The van der Waals surface area contributed by atoms with E-state index in [0.29, 0.717) is 0 Å². The fourth-order valence-electron chi connectivity index (χ4n) is 3.65. The molecule has 1 N–H and O–H groups in total. The van der Waals surface area contributed by atoms with E-state index in [-0.39, 0.29) is 5.82 Å². The van der Waals surface area contributed by atoms with E-state index in [1.165, 1.54) is 23.3 Å². The Bertz CT molecular complexity index is 995. The van der Waals surface area contributed by atoms with Crippen LogP contribution in [-0.2, 0) is 0 Å². The van der Waals surface area contributed by atoms with Gasteiger partial charge in [0.1, 0.15) is 23.3 Å². The van der Waals surface area contributed by atoms with Crippen molar-refractivity contribution in [3.05, 3.63) is 71.3 Å². The number of aryl methyl sites for hydroxylation is 2. The molecule has 0 aliphatic carbocycles. The number of nitrogens with one attached hydrogen (secondary N) is 1. The summed E-state index contributed by atoms with van der Waals surface area (Å²) in [6.07, 6.45) is 0. The highest BCUT2D eigenvalue weighted by molar-refractivity contribution is 5.64. The molecule has 0 unspecified atom stereocenters. The predicted octanol–water partition coefficient (Wildman–Crippen LogP) is 4.61. The number of aromatic nitrogens is 2. The first kappa shape index (κ1) is 19.2. The molecule has 4 rings (SSSR count). The van der Waals surface area contributed by atoms with Crippen molar-refractivity contribution in [2.75, 3.05) is 41.3 Å². The van der Waals surface area contributed by atoms with Gasteiger partial charge in [0.25, 0.3) is 0 Å². The van der Waals surface area contributed by atoms with E-state index < -0.39 is 0 Å². The van der Waals surface area contributed by atoms with Crippen molar-refractivity contribution in [2.45, 2.75) is 20.8 Å². The molecule has 150 valence electrons. The molecule has 0 saturated carbocycles. The van der Waals surface area contributed by atoms with Gasteiger partial charge in [-0.2, -0.15) is 0 Å². The van der Waals surface area contributed by atoms with Crippen molar-refractivity contribution < 1.29 is 4.39 Å². The number of benzene rings is 2. The van der Waals surface area contributed by atoms with Crippen LogP contribution in [0.15, 0.2) is 48.5 Å². The predicted molar refractivity (Wildman–Crippen MR) is 117 cm³/mol. The Kier molecular flexibility index (Phi) is 5.34. The lowest BCUT2D eigenvalue weighted by Crippen LogP contribution is -2.46. The fraction of sp³-hybridized carbons (Fsp3) is 0.304. The van der Waals surface area contributed by atoms with E-state index in [1.807, 2.05) is 31.2 Å². The van der Waals surface area contributed by atoms with Crippen LogP contribution in [0.2, 0.25) is 0 Å². The van der Waals surface area contributed by atoms with Gasteiger partial charge >= 0.3 is 0 Å². The van der Waals surface area contributed by atoms with Crippen LogP contribution in [0.3, 0.4) is 0 Å². The van der Waals surface area contributed by atoms with E-state index in [2.05, 4.69) is 51.1 Å². The zero-order valence-corrected chi connectivity index (χ0v) is 17.1. The summed E-state index contributed by atoms with van der Waals surface area (Å²) in [6, 6.07) is 15.0. The molecular formula is C23H26FN5. The van der Waals surface area contributed by atoms with Gasteiger partial charge in [0.05, 0.1) is 0 Å². The van der Waals surface area contributed by atoms with Gasteiger partial charge in [0.15, 0.2) is 0 Å². The smallest absolute Gasteiger partial charge is 0.136 e. The van der Waals surface area contributed by atoms with Gasteiger partial charge in [0, 0.05) is 43.6 Å². The van der Waals surface area contributed by atoms with E-state index in [0.717, 1.165) is 55.0 Å². The number of anilines is 4. The molecule has 5 nitrogen and oxygen atoms in total. The molecule has 3 aromatic rings. The summed E-state index contributed by atoms with van der Waals surface area (Å²) >= 11 is 0. The van der Waals surface area contributed by atoms with Gasteiger partial charge < -0.3 is 15.1 Å². The Morgan fingerprint density at radius 2 is 1.55 bits per heavy atom. The molecule has 2 heterocycles. The first-order chi connectivity index (χ1) is 14.0. The second-order valence-electron chi connectivity index (χ2n) is 7.48. The average Bonchev–Trinajstić information content (AvgIpc) is 2.72. The molecule has 1 aliphatic rings. The third-order valence-electron chi connectivity index (χ3n) is 5.49. The van der Waals surface area contributed by atoms with E-state index in [4.69, 9.17) is 0 Å². The topological polar surface area (TPSA) is 44.3 Å². The highest BCUT2D eigenvalue weighted by Gasteiger charge is 2.19. The molecule has 1 aromatic heterocycles. The van der Waals surface area contributed by atoms with Crippen molar-refractivity contribution in [1.29, 1.82) is 0 Å². The van der Waals surface area contributed by atoms with Crippen LogP contribution in [-0.4, -0.2) is 36.1 Å². The van der Waals surface area contributed by atoms with Crippen molar-refractivity contribution in [3.63, 3.8) is 0 Å². The zero-order chi connectivity index (χ0) is 20.4. The number of rotatable bonds is 4. The second-order valence-corrected chi connectivity index (χ2v) is 7.48. The van der Waals surface area contributed by atoms with Gasteiger partial charge in [-0.3, -0.25) is 0 Å². The summed E-state index contributed by atoms with van der Waals surface area (Å²) < 4.78 is 13.2. The Labute approximate surface area is 171 Å². The number of piperazine rings is 1. The summed E-state index contributed by atoms with van der Waals surface area (Å²) in [4.78, 5) is 13.8. The van der Waals surface area contributed by atoms with Crippen molar-refractivity contribution >= 4 is 23.0 Å². The average molecular weight is 391 g/mol. The molecule has 6 heteroatoms.